The van der Waals surface area contributed by atoms with E-state index in [9.17, 15) is 5.11 Å². The topological polar surface area (TPSA) is 33.1 Å². The first kappa shape index (κ1) is 7.22. The van der Waals surface area contributed by atoms with E-state index in [4.69, 9.17) is 0 Å². The number of rotatable bonds is 2. The standard InChI is InChI=1S/C8H11NO/c1-2-8(10)7-3-5-9-6-4-7/h3-6,8,10H,2H2,1H3. The van der Waals surface area contributed by atoms with Crippen molar-refractivity contribution in [3.63, 3.8) is 0 Å². The van der Waals surface area contributed by atoms with Gasteiger partial charge in [-0.2, -0.15) is 0 Å². The van der Waals surface area contributed by atoms with Crippen molar-refractivity contribution < 1.29 is 5.11 Å². The van der Waals surface area contributed by atoms with E-state index in [0.717, 1.165) is 12.0 Å². The van der Waals surface area contributed by atoms with Crippen LogP contribution in [0.3, 0.4) is 0 Å². The molecule has 1 rings (SSSR count). The molecule has 1 atom stereocenters. The van der Waals surface area contributed by atoms with Crippen molar-refractivity contribution in [2.75, 3.05) is 0 Å². The average molecular weight is 137 g/mol. The van der Waals surface area contributed by atoms with Crippen molar-refractivity contribution >= 4 is 0 Å². The summed E-state index contributed by atoms with van der Waals surface area (Å²) < 4.78 is 0. The van der Waals surface area contributed by atoms with Gasteiger partial charge in [0.05, 0.1) is 6.10 Å². The lowest BCUT2D eigenvalue weighted by molar-refractivity contribution is 0.173. The smallest absolute Gasteiger partial charge is 0.0788 e. The highest BCUT2D eigenvalue weighted by molar-refractivity contribution is 5.12. The van der Waals surface area contributed by atoms with Crippen molar-refractivity contribution in [3.05, 3.63) is 30.1 Å². The van der Waals surface area contributed by atoms with Gasteiger partial charge in [-0.15, -0.1) is 0 Å². The molecule has 0 fully saturated rings. The van der Waals surface area contributed by atoms with Gasteiger partial charge in [0.15, 0.2) is 0 Å². The quantitative estimate of drug-likeness (QED) is 0.670. The Bertz CT molecular complexity index is 186. The van der Waals surface area contributed by atoms with Gasteiger partial charge in [-0.05, 0) is 24.1 Å². The third kappa shape index (κ3) is 1.54. The van der Waals surface area contributed by atoms with Gasteiger partial charge in [0.2, 0.25) is 0 Å². The normalized spacial score (nSPS) is 13.0. The zero-order valence-corrected chi connectivity index (χ0v) is 5.99. The van der Waals surface area contributed by atoms with Crippen molar-refractivity contribution in [2.45, 2.75) is 19.4 Å². The molecule has 0 saturated carbocycles. The molecule has 1 aromatic heterocycles. The first-order valence-corrected chi connectivity index (χ1v) is 3.42. The average Bonchev–Trinajstić information content (AvgIpc) is 2.05. The highest BCUT2D eigenvalue weighted by atomic mass is 16.3. The number of hydrogen-bond donors (Lipinski definition) is 1. The van der Waals surface area contributed by atoms with E-state index in [-0.39, 0.29) is 6.10 Å². The highest BCUT2D eigenvalue weighted by Gasteiger charge is 2.01. The summed E-state index contributed by atoms with van der Waals surface area (Å²) in [5.74, 6) is 0. The summed E-state index contributed by atoms with van der Waals surface area (Å²) in [6.07, 6.45) is 3.80. The third-order valence-corrected chi connectivity index (χ3v) is 1.48. The van der Waals surface area contributed by atoms with Gasteiger partial charge in [-0.25, -0.2) is 0 Å². The van der Waals surface area contributed by atoms with Gasteiger partial charge in [-0.3, -0.25) is 4.98 Å². The monoisotopic (exact) mass is 137 g/mol. The largest absolute Gasteiger partial charge is 0.388 e. The molecule has 0 aliphatic heterocycles. The molecule has 1 aromatic rings. The van der Waals surface area contributed by atoms with E-state index in [1.54, 1.807) is 12.4 Å². The second kappa shape index (κ2) is 3.32. The molecular formula is C8H11NO. The number of aromatic nitrogens is 1. The summed E-state index contributed by atoms with van der Waals surface area (Å²) in [5.41, 5.74) is 0.942. The second-order valence-electron chi connectivity index (χ2n) is 2.20. The molecule has 54 valence electrons. The minimum Gasteiger partial charge on any atom is -0.388 e. The third-order valence-electron chi connectivity index (χ3n) is 1.48. The summed E-state index contributed by atoms with van der Waals surface area (Å²) in [6, 6.07) is 3.66. The van der Waals surface area contributed by atoms with Crippen LogP contribution in [0.4, 0.5) is 0 Å². The van der Waals surface area contributed by atoms with E-state index in [2.05, 4.69) is 4.98 Å². The van der Waals surface area contributed by atoms with Crippen molar-refractivity contribution in [3.8, 4) is 0 Å². The molecule has 1 heterocycles. The van der Waals surface area contributed by atoms with Gasteiger partial charge in [-0.1, -0.05) is 6.92 Å². The van der Waals surface area contributed by atoms with Gasteiger partial charge in [0.1, 0.15) is 0 Å². The molecule has 1 unspecified atom stereocenters. The van der Waals surface area contributed by atoms with Crippen molar-refractivity contribution in [1.82, 2.24) is 4.98 Å². The van der Waals surface area contributed by atoms with Gasteiger partial charge >= 0.3 is 0 Å². The van der Waals surface area contributed by atoms with Crippen molar-refractivity contribution in [1.29, 1.82) is 0 Å². The van der Waals surface area contributed by atoms with E-state index >= 15 is 0 Å². The molecule has 2 nitrogen and oxygen atoms in total. The van der Waals surface area contributed by atoms with Crippen molar-refractivity contribution in [2.24, 2.45) is 0 Å². The van der Waals surface area contributed by atoms with Gasteiger partial charge in [0, 0.05) is 12.4 Å². The molecule has 10 heavy (non-hydrogen) atoms. The Morgan fingerprint density at radius 2 is 2.10 bits per heavy atom. The molecule has 0 saturated heterocycles. The van der Waals surface area contributed by atoms with Crippen LogP contribution in [0.2, 0.25) is 0 Å². The molecule has 0 radical (unpaired) electrons. The lowest BCUT2D eigenvalue weighted by Crippen LogP contribution is -1.93. The molecule has 2 heteroatoms. The number of hydrogen-bond acceptors (Lipinski definition) is 2. The van der Waals surface area contributed by atoms with E-state index in [0.29, 0.717) is 0 Å². The number of aliphatic hydroxyl groups is 1. The molecule has 1 N–H and O–H groups in total. The Hall–Kier alpha value is -0.890. The Kier molecular flexibility index (Phi) is 2.40. The molecule has 0 aromatic carbocycles. The fraction of sp³-hybridized carbons (Fsp3) is 0.375. The summed E-state index contributed by atoms with van der Waals surface area (Å²) in [4.78, 5) is 3.85. The number of pyridine rings is 1. The van der Waals surface area contributed by atoms with E-state index in [1.807, 2.05) is 19.1 Å². The SMILES string of the molecule is CCC(O)c1ccncc1. The zero-order valence-electron chi connectivity index (χ0n) is 5.99. The predicted molar refractivity (Wildman–Crippen MR) is 39.5 cm³/mol. The summed E-state index contributed by atoms with van der Waals surface area (Å²) in [6.45, 7) is 1.95. The minimum atomic E-state index is -0.331. The Morgan fingerprint density at radius 1 is 1.50 bits per heavy atom. The van der Waals surface area contributed by atoms with Crippen LogP contribution in [-0.2, 0) is 0 Å². The fourth-order valence-electron chi connectivity index (χ4n) is 0.821. The van der Waals surface area contributed by atoms with Gasteiger partial charge in [0.25, 0.3) is 0 Å². The zero-order chi connectivity index (χ0) is 7.40. The maximum absolute atomic E-state index is 9.30. The highest BCUT2D eigenvalue weighted by Crippen LogP contribution is 2.13. The molecule has 0 bridgehead atoms. The summed E-state index contributed by atoms with van der Waals surface area (Å²) in [7, 11) is 0. The molecule has 0 spiro atoms. The Morgan fingerprint density at radius 3 is 2.60 bits per heavy atom. The maximum Gasteiger partial charge on any atom is 0.0788 e. The first-order valence-electron chi connectivity index (χ1n) is 3.42. The van der Waals surface area contributed by atoms with Crippen LogP contribution in [0.15, 0.2) is 24.5 Å². The summed E-state index contributed by atoms with van der Waals surface area (Å²) >= 11 is 0. The molecular weight excluding hydrogens is 126 g/mol. The minimum absolute atomic E-state index is 0.331. The lowest BCUT2D eigenvalue weighted by atomic mass is 10.1. The van der Waals surface area contributed by atoms with Crippen LogP contribution in [0.5, 0.6) is 0 Å². The molecule has 0 aliphatic carbocycles. The lowest BCUT2D eigenvalue weighted by Gasteiger charge is -2.05. The number of aliphatic hydroxyl groups excluding tert-OH is 1. The summed E-state index contributed by atoms with van der Waals surface area (Å²) in [5, 5.41) is 9.30. The maximum atomic E-state index is 9.30. The van der Waals surface area contributed by atoms with Gasteiger partial charge < -0.3 is 5.11 Å². The van der Waals surface area contributed by atoms with E-state index in [1.165, 1.54) is 0 Å². The van der Waals surface area contributed by atoms with Crippen LogP contribution in [-0.4, -0.2) is 10.1 Å². The molecule has 0 amide bonds. The van der Waals surface area contributed by atoms with Crippen LogP contribution < -0.4 is 0 Å². The predicted octanol–water partition coefficient (Wildman–Crippen LogP) is 1.52. The number of nitrogens with zero attached hydrogens (tertiary/aromatic N) is 1. The Labute approximate surface area is 60.5 Å². The molecule has 0 aliphatic rings. The van der Waals surface area contributed by atoms with Crippen LogP contribution >= 0.6 is 0 Å². The second-order valence-corrected chi connectivity index (χ2v) is 2.20. The first-order chi connectivity index (χ1) is 4.84. The van der Waals surface area contributed by atoms with E-state index < -0.39 is 0 Å². The van der Waals surface area contributed by atoms with Crippen LogP contribution in [0.1, 0.15) is 25.0 Å². The Balaban J connectivity index is 2.75. The fourth-order valence-corrected chi connectivity index (χ4v) is 0.821. The van der Waals surface area contributed by atoms with Crippen LogP contribution in [0, 0.1) is 0 Å². The van der Waals surface area contributed by atoms with Crippen LogP contribution in [0.25, 0.3) is 0 Å².